The Balaban J connectivity index is 2.45. The zero-order valence-electron chi connectivity index (χ0n) is 13.8. The van der Waals surface area contributed by atoms with Gasteiger partial charge in [-0.25, -0.2) is 0 Å². The number of hydrogen-bond acceptors (Lipinski definition) is 4. The normalized spacial score (nSPS) is 12.4. The Bertz CT molecular complexity index is 703. The number of aromatic nitrogens is 1. The Morgan fingerprint density at radius 1 is 1.18 bits per heavy atom. The zero-order valence-corrected chi connectivity index (χ0v) is 13.8. The number of nitrogens with zero attached hydrogens (tertiary/aromatic N) is 2. The second kappa shape index (κ2) is 5.55. The average Bonchev–Trinajstić information content (AvgIpc) is 2.35. The van der Waals surface area contributed by atoms with E-state index in [1.165, 1.54) is 0 Å². The minimum atomic E-state index is -0.367. The van der Waals surface area contributed by atoms with Gasteiger partial charge in [-0.3, -0.25) is 15.1 Å². The van der Waals surface area contributed by atoms with Crippen molar-refractivity contribution < 1.29 is 4.92 Å². The molecule has 5 heteroatoms. The number of nitro benzene ring substituents is 1. The van der Waals surface area contributed by atoms with Crippen molar-refractivity contribution in [1.82, 2.24) is 4.98 Å². The van der Waals surface area contributed by atoms with E-state index in [4.69, 9.17) is 0 Å². The Labute approximate surface area is 130 Å². The van der Waals surface area contributed by atoms with Crippen LogP contribution >= 0.6 is 0 Å². The highest BCUT2D eigenvalue weighted by Crippen LogP contribution is 2.34. The smallest absolute Gasteiger partial charge is 0.278 e. The first-order valence-electron chi connectivity index (χ1n) is 7.39. The fraction of sp³-hybridized carbons (Fsp3) is 0.471. The summed E-state index contributed by atoms with van der Waals surface area (Å²) in [5, 5.41) is 15.2. The van der Waals surface area contributed by atoms with Crippen LogP contribution in [0.25, 0.3) is 10.9 Å². The van der Waals surface area contributed by atoms with Gasteiger partial charge in [0.25, 0.3) is 5.69 Å². The van der Waals surface area contributed by atoms with Gasteiger partial charge in [-0.2, -0.15) is 0 Å². The molecule has 0 spiro atoms. The van der Waals surface area contributed by atoms with Crippen LogP contribution in [0.2, 0.25) is 0 Å². The number of rotatable bonds is 4. The highest BCUT2D eigenvalue weighted by molar-refractivity contribution is 5.96. The van der Waals surface area contributed by atoms with E-state index >= 15 is 0 Å². The Morgan fingerprint density at radius 2 is 1.86 bits per heavy atom. The highest BCUT2D eigenvalue weighted by atomic mass is 16.6. The monoisotopic (exact) mass is 301 g/mol. The third-order valence-corrected chi connectivity index (χ3v) is 3.39. The molecule has 0 aliphatic heterocycles. The molecule has 0 atom stereocenters. The van der Waals surface area contributed by atoms with Gasteiger partial charge in [0.1, 0.15) is 5.52 Å². The molecule has 0 unspecified atom stereocenters. The molecule has 5 nitrogen and oxygen atoms in total. The predicted molar refractivity (Wildman–Crippen MR) is 90.2 cm³/mol. The summed E-state index contributed by atoms with van der Waals surface area (Å²) < 4.78 is 0. The summed E-state index contributed by atoms with van der Waals surface area (Å²) >= 11 is 0. The number of benzene rings is 1. The molecule has 0 aliphatic carbocycles. The van der Waals surface area contributed by atoms with Crippen molar-refractivity contribution in [1.29, 1.82) is 0 Å². The van der Waals surface area contributed by atoms with Gasteiger partial charge in [0, 0.05) is 17.8 Å². The number of anilines is 1. The van der Waals surface area contributed by atoms with Crippen molar-refractivity contribution in [2.45, 2.75) is 46.6 Å². The summed E-state index contributed by atoms with van der Waals surface area (Å²) in [4.78, 5) is 15.1. The second-order valence-corrected chi connectivity index (χ2v) is 7.54. The zero-order chi connectivity index (χ0) is 16.5. The molecule has 0 saturated heterocycles. The number of nitrogens with one attached hydrogen (secondary N) is 1. The van der Waals surface area contributed by atoms with Crippen LogP contribution in [0.1, 0.15) is 41.0 Å². The van der Waals surface area contributed by atoms with Crippen molar-refractivity contribution in [3.63, 3.8) is 0 Å². The van der Waals surface area contributed by atoms with Crippen LogP contribution in [0.15, 0.2) is 30.5 Å². The molecule has 1 N–H and O–H groups in total. The third kappa shape index (κ3) is 3.72. The molecule has 0 aliphatic rings. The molecule has 118 valence electrons. The maximum Gasteiger partial charge on any atom is 0.278 e. The van der Waals surface area contributed by atoms with Gasteiger partial charge in [0.05, 0.1) is 16.0 Å². The summed E-state index contributed by atoms with van der Waals surface area (Å²) in [7, 11) is 0. The molecule has 1 aromatic heterocycles. The average molecular weight is 301 g/mol. The molecular weight excluding hydrogens is 278 g/mol. The molecule has 0 radical (unpaired) electrons. The van der Waals surface area contributed by atoms with Gasteiger partial charge in [0.2, 0.25) is 0 Å². The van der Waals surface area contributed by atoms with Crippen LogP contribution < -0.4 is 5.32 Å². The fourth-order valence-corrected chi connectivity index (χ4v) is 3.15. The lowest BCUT2D eigenvalue weighted by molar-refractivity contribution is -0.383. The first-order valence-corrected chi connectivity index (χ1v) is 7.39. The van der Waals surface area contributed by atoms with E-state index in [2.05, 4.69) is 44.9 Å². The predicted octanol–water partition coefficient (Wildman–Crippen LogP) is 4.77. The molecule has 2 aromatic rings. The van der Waals surface area contributed by atoms with Crippen molar-refractivity contribution in [3.05, 3.63) is 40.6 Å². The van der Waals surface area contributed by atoms with Crippen molar-refractivity contribution in [2.75, 3.05) is 5.32 Å². The van der Waals surface area contributed by atoms with Crippen LogP contribution in [0.4, 0.5) is 11.4 Å². The lowest BCUT2D eigenvalue weighted by Gasteiger charge is -2.34. The minimum Gasteiger partial charge on any atom is -0.378 e. The van der Waals surface area contributed by atoms with Gasteiger partial charge in [-0.05, 0) is 43.9 Å². The molecule has 0 amide bonds. The van der Waals surface area contributed by atoms with Crippen LogP contribution in [0.3, 0.4) is 0 Å². The summed E-state index contributed by atoms with van der Waals surface area (Å²) in [6.45, 7) is 10.9. The quantitative estimate of drug-likeness (QED) is 0.652. The van der Waals surface area contributed by atoms with Gasteiger partial charge < -0.3 is 5.32 Å². The summed E-state index contributed by atoms with van der Waals surface area (Å²) in [5.41, 5.74) is 1.59. The topological polar surface area (TPSA) is 68.1 Å². The Kier molecular flexibility index (Phi) is 4.09. The molecule has 0 saturated carbocycles. The Hall–Kier alpha value is -2.17. The van der Waals surface area contributed by atoms with E-state index in [-0.39, 0.29) is 21.6 Å². The van der Waals surface area contributed by atoms with E-state index in [1.807, 2.05) is 0 Å². The lowest BCUT2D eigenvalue weighted by atomic mass is 9.81. The number of hydrogen-bond donors (Lipinski definition) is 1. The first-order chi connectivity index (χ1) is 10.1. The summed E-state index contributed by atoms with van der Waals surface area (Å²) in [6.07, 6.45) is 2.62. The number of non-ortho nitro benzene ring substituents is 1. The standard InChI is InChI=1S/C17H23N3O2/c1-16(2,3)11-17(4,5)19-13-8-9-14(20(21)22)12-7-6-10-18-15(12)13/h6-10,19H,11H2,1-5H3. The van der Waals surface area contributed by atoms with Gasteiger partial charge in [-0.1, -0.05) is 20.8 Å². The third-order valence-electron chi connectivity index (χ3n) is 3.39. The van der Waals surface area contributed by atoms with Crippen LogP contribution in [-0.4, -0.2) is 15.4 Å². The lowest BCUT2D eigenvalue weighted by Crippen LogP contribution is -2.35. The van der Waals surface area contributed by atoms with E-state index in [9.17, 15) is 10.1 Å². The second-order valence-electron chi connectivity index (χ2n) is 7.54. The van der Waals surface area contributed by atoms with Crippen molar-refractivity contribution in [2.24, 2.45) is 5.41 Å². The van der Waals surface area contributed by atoms with E-state index in [0.29, 0.717) is 10.9 Å². The number of fused-ring (bicyclic) bond motifs is 1. The summed E-state index contributed by atoms with van der Waals surface area (Å²) in [6, 6.07) is 6.75. The van der Waals surface area contributed by atoms with E-state index < -0.39 is 0 Å². The molecule has 1 aromatic carbocycles. The van der Waals surface area contributed by atoms with E-state index in [0.717, 1.165) is 12.1 Å². The van der Waals surface area contributed by atoms with Crippen molar-refractivity contribution in [3.8, 4) is 0 Å². The molecular formula is C17H23N3O2. The molecule has 1 heterocycles. The molecule has 22 heavy (non-hydrogen) atoms. The fourth-order valence-electron chi connectivity index (χ4n) is 3.15. The van der Waals surface area contributed by atoms with Gasteiger partial charge >= 0.3 is 0 Å². The van der Waals surface area contributed by atoms with Crippen LogP contribution in [-0.2, 0) is 0 Å². The van der Waals surface area contributed by atoms with Crippen LogP contribution in [0, 0.1) is 15.5 Å². The van der Waals surface area contributed by atoms with E-state index in [1.54, 1.807) is 30.5 Å². The summed E-state index contributed by atoms with van der Waals surface area (Å²) in [5.74, 6) is 0. The minimum absolute atomic E-state index is 0.0854. The molecule has 2 rings (SSSR count). The highest BCUT2D eigenvalue weighted by Gasteiger charge is 2.26. The number of pyridine rings is 1. The number of nitro groups is 1. The molecule has 0 bridgehead atoms. The Morgan fingerprint density at radius 3 is 2.45 bits per heavy atom. The first kappa shape index (κ1) is 16.2. The largest absolute Gasteiger partial charge is 0.378 e. The maximum absolute atomic E-state index is 11.2. The SMILES string of the molecule is CC(C)(C)CC(C)(C)Nc1ccc([N+](=O)[O-])c2cccnc12. The van der Waals surface area contributed by atoms with Gasteiger partial charge in [0.15, 0.2) is 0 Å². The van der Waals surface area contributed by atoms with Crippen molar-refractivity contribution >= 4 is 22.3 Å². The maximum atomic E-state index is 11.2. The van der Waals surface area contributed by atoms with Crippen LogP contribution in [0.5, 0.6) is 0 Å². The molecule has 0 fully saturated rings. The van der Waals surface area contributed by atoms with Gasteiger partial charge in [-0.15, -0.1) is 0 Å².